The summed E-state index contributed by atoms with van der Waals surface area (Å²) >= 11 is 9.36. The molecule has 0 unspecified atom stereocenters. The molecule has 0 fully saturated rings. The van der Waals surface area contributed by atoms with E-state index in [9.17, 15) is 9.59 Å². The molecule has 0 bridgehead atoms. The van der Waals surface area contributed by atoms with Crippen LogP contribution in [0.15, 0.2) is 46.9 Å². The van der Waals surface area contributed by atoms with Gasteiger partial charge in [-0.25, -0.2) is 0 Å². The highest BCUT2D eigenvalue weighted by atomic mass is 79.9. The molecule has 0 saturated carbocycles. The van der Waals surface area contributed by atoms with E-state index in [-0.39, 0.29) is 24.5 Å². The Morgan fingerprint density at radius 2 is 1.93 bits per heavy atom. The van der Waals surface area contributed by atoms with Crippen molar-refractivity contribution in [2.45, 2.75) is 52.7 Å². The van der Waals surface area contributed by atoms with Crippen LogP contribution in [0.25, 0.3) is 0 Å². The fraction of sp³-hybridized carbons (Fsp3) is 0.391. The van der Waals surface area contributed by atoms with Crippen molar-refractivity contribution >= 4 is 39.3 Å². The molecule has 0 aliphatic heterocycles. The smallest absolute Gasteiger partial charge is 0.261 e. The summed E-state index contributed by atoms with van der Waals surface area (Å²) in [7, 11) is 0. The van der Waals surface area contributed by atoms with Crippen molar-refractivity contribution in [3.8, 4) is 5.75 Å². The van der Waals surface area contributed by atoms with Gasteiger partial charge in [0.1, 0.15) is 11.8 Å². The molecule has 0 aliphatic rings. The van der Waals surface area contributed by atoms with E-state index in [0.29, 0.717) is 28.2 Å². The summed E-state index contributed by atoms with van der Waals surface area (Å²) in [6, 6.07) is 12.4. The van der Waals surface area contributed by atoms with Gasteiger partial charge in [0, 0.05) is 17.6 Å². The lowest BCUT2D eigenvalue weighted by Gasteiger charge is -2.31. The van der Waals surface area contributed by atoms with Crippen molar-refractivity contribution in [2.24, 2.45) is 0 Å². The number of nitrogens with zero attached hydrogens (tertiary/aromatic N) is 1. The second-order valence-corrected chi connectivity index (χ2v) is 8.75. The molecule has 7 heteroatoms. The van der Waals surface area contributed by atoms with Gasteiger partial charge in [-0.05, 0) is 66.9 Å². The lowest BCUT2D eigenvalue weighted by Crippen LogP contribution is -2.51. The Morgan fingerprint density at radius 3 is 2.53 bits per heavy atom. The third kappa shape index (κ3) is 7.03. The Balaban J connectivity index is 2.23. The summed E-state index contributed by atoms with van der Waals surface area (Å²) in [5.74, 6) is 0.0909. The van der Waals surface area contributed by atoms with Gasteiger partial charge in [-0.1, -0.05) is 48.4 Å². The average molecular weight is 496 g/mol. The highest BCUT2D eigenvalue weighted by Crippen LogP contribution is 2.28. The third-order valence-electron chi connectivity index (χ3n) is 4.50. The number of ether oxygens (including phenoxy) is 1. The van der Waals surface area contributed by atoms with Crippen LogP contribution in [0.3, 0.4) is 0 Å². The van der Waals surface area contributed by atoms with Crippen LogP contribution in [0.5, 0.6) is 5.75 Å². The van der Waals surface area contributed by atoms with Gasteiger partial charge in [0.2, 0.25) is 5.91 Å². The van der Waals surface area contributed by atoms with Crippen molar-refractivity contribution in [1.82, 2.24) is 10.2 Å². The zero-order valence-electron chi connectivity index (χ0n) is 17.7. The number of carbonyl (C=O) groups is 2. The number of carbonyl (C=O) groups excluding carboxylic acids is 2. The molecular weight excluding hydrogens is 468 g/mol. The van der Waals surface area contributed by atoms with Crippen LogP contribution in [0, 0.1) is 6.92 Å². The molecule has 2 aromatic rings. The minimum Gasteiger partial charge on any atom is -0.483 e. The fourth-order valence-electron chi connectivity index (χ4n) is 3.12. The monoisotopic (exact) mass is 494 g/mol. The number of aryl methyl sites for hydroxylation is 1. The van der Waals surface area contributed by atoms with Crippen molar-refractivity contribution < 1.29 is 14.3 Å². The first kappa shape index (κ1) is 24.2. The first-order valence-electron chi connectivity index (χ1n) is 9.94. The molecule has 1 N–H and O–H groups in total. The summed E-state index contributed by atoms with van der Waals surface area (Å²) in [4.78, 5) is 27.5. The Hall–Kier alpha value is -2.05. The first-order valence-corrected chi connectivity index (χ1v) is 11.1. The van der Waals surface area contributed by atoms with Crippen LogP contribution in [-0.4, -0.2) is 35.4 Å². The van der Waals surface area contributed by atoms with Gasteiger partial charge < -0.3 is 15.0 Å². The lowest BCUT2D eigenvalue weighted by atomic mass is 10.1. The molecule has 2 amide bonds. The van der Waals surface area contributed by atoms with E-state index in [4.69, 9.17) is 16.3 Å². The summed E-state index contributed by atoms with van der Waals surface area (Å²) in [6.07, 6.45) is 0.501. The minimum atomic E-state index is -0.585. The largest absolute Gasteiger partial charge is 0.483 e. The Morgan fingerprint density at radius 1 is 1.20 bits per heavy atom. The van der Waals surface area contributed by atoms with Gasteiger partial charge in [0.25, 0.3) is 5.91 Å². The summed E-state index contributed by atoms with van der Waals surface area (Å²) < 4.78 is 6.39. The van der Waals surface area contributed by atoms with E-state index in [1.165, 1.54) is 0 Å². The summed E-state index contributed by atoms with van der Waals surface area (Å²) in [6.45, 7) is 7.85. The highest BCUT2D eigenvalue weighted by molar-refractivity contribution is 9.10. The molecule has 2 rings (SSSR count). The zero-order chi connectivity index (χ0) is 22.3. The second-order valence-electron chi connectivity index (χ2n) is 7.46. The van der Waals surface area contributed by atoms with Gasteiger partial charge in [-0.15, -0.1) is 0 Å². The van der Waals surface area contributed by atoms with Crippen LogP contribution in [0.2, 0.25) is 5.02 Å². The van der Waals surface area contributed by atoms with Crippen molar-refractivity contribution in [3.05, 3.63) is 63.1 Å². The summed E-state index contributed by atoms with van der Waals surface area (Å²) in [5, 5.41) is 3.49. The van der Waals surface area contributed by atoms with Crippen LogP contribution < -0.4 is 10.1 Å². The van der Waals surface area contributed by atoms with Crippen LogP contribution in [-0.2, 0) is 16.1 Å². The predicted molar refractivity (Wildman–Crippen MR) is 124 cm³/mol. The van der Waals surface area contributed by atoms with Crippen molar-refractivity contribution in [3.63, 3.8) is 0 Å². The van der Waals surface area contributed by atoms with Gasteiger partial charge in [0.05, 0.1) is 4.47 Å². The SMILES string of the molecule is CC[C@@H](C(=O)NC(C)C)N(Cc1cccc(C)c1)C(=O)COc1ccc(Cl)cc1Br. The molecule has 0 radical (unpaired) electrons. The van der Waals surface area contributed by atoms with Gasteiger partial charge >= 0.3 is 0 Å². The second kappa shape index (κ2) is 11.4. The maximum atomic E-state index is 13.2. The van der Waals surface area contributed by atoms with Crippen LogP contribution in [0.4, 0.5) is 0 Å². The predicted octanol–water partition coefficient (Wildman–Crippen LogP) is 5.12. The van der Waals surface area contributed by atoms with E-state index in [0.717, 1.165) is 11.1 Å². The number of nitrogens with one attached hydrogen (secondary N) is 1. The third-order valence-corrected chi connectivity index (χ3v) is 5.35. The molecule has 5 nitrogen and oxygen atoms in total. The quantitative estimate of drug-likeness (QED) is 0.525. The van der Waals surface area contributed by atoms with Gasteiger partial charge in [-0.3, -0.25) is 9.59 Å². The number of rotatable bonds is 9. The van der Waals surface area contributed by atoms with E-state index >= 15 is 0 Å². The van der Waals surface area contributed by atoms with E-state index in [1.54, 1.807) is 23.1 Å². The fourth-order valence-corrected chi connectivity index (χ4v) is 3.92. The van der Waals surface area contributed by atoms with Crippen molar-refractivity contribution in [1.29, 1.82) is 0 Å². The van der Waals surface area contributed by atoms with Gasteiger partial charge in [0.15, 0.2) is 6.61 Å². The number of amides is 2. The molecule has 0 spiro atoms. The van der Waals surface area contributed by atoms with Crippen LogP contribution >= 0.6 is 27.5 Å². The molecule has 162 valence electrons. The zero-order valence-corrected chi connectivity index (χ0v) is 20.1. The van der Waals surface area contributed by atoms with E-state index < -0.39 is 6.04 Å². The standard InChI is InChI=1S/C23H28BrClN2O3/c1-5-20(23(29)26-15(2)3)27(13-17-8-6-7-16(4)11-17)22(28)14-30-21-10-9-18(25)12-19(21)24/h6-12,15,20H,5,13-14H2,1-4H3,(H,26,29)/t20-/m0/s1. The number of halogens is 2. The number of benzene rings is 2. The number of hydrogen-bond donors (Lipinski definition) is 1. The molecular formula is C23H28BrClN2O3. The molecule has 0 saturated heterocycles. The topological polar surface area (TPSA) is 58.6 Å². The molecule has 30 heavy (non-hydrogen) atoms. The molecule has 0 heterocycles. The lowest BCUT2D eigenvalue weighted by molar-refractivity contribution is -0.143. The highest BCUT2D eigenvalue weighted by Gasteiger charge is 2.29. The average Bonchev–Trinajstić information content (AvgIpc) is 2.66. The maximum Gasteiger partial charge on any atom is 0.261 e. The minimum absolute atomic E-state index is 0.0104. The molecule has 2 aromatic carbocycles. The van der Waals surface area contributed by atoms with Gasteiger partial charge in [-0.2, -0.15) is 0 Å². The van der Waals surface area contributed by atoms with Crippen LogP contribution in [0.1, 0.15) is 38.3 Å². The Kier molecular flexibility index (Phi) is 9.18. The van der Waals surface area contributed by atoms with E-state index in [2.05, 4.69) is 21.2 Å². The Bertz CT molecular complexity index is 889. The van der Waals surface area contributed by atoms with Crippen molar-refractivity contribution in [2.75, 3.05) is 6.61 Å². The maximum absolute atomic E-state index is 13.2. The molecule has 1 atom stereocenters. The normalized spacial score (nSPS) is 11.8. The van der Waals surface area contributed by atoms with E-state index in [1.807, 2.05) is 52.0 Å². The number of hydrogen-bond acceptors (Lipinski definition) is 3. The first-order chi connectivity index (χ1) is 14.2. The summed E-state index contributed by atoms with van der Waals surface area (Å²) in [5.41, 5.74) is 2.06. The molecule has 0 aliphatic carbocycles. The Labute approximate surface area is 191 Å². The molecule has 0 aromatic heterocycles.